The van der Waals surface area contributed by atoms with Gasteiger partial charge in [-0.2, -0.15) is 4.31 Å². The van der Waals surface area contributed by atoms with Crippen LogP contribution in [0.5, 0.6) is 17.2 Å². The lowest BCUT2D eigenvalue weighted by atomic mass is 10.1. The fourth-order valence-corrected chi connectivity index (χ4v) is 4.90. The third-order valence-corrected chi connectivity index (χ3v) is 7.08. The highest BCUT2D eigenvalue weighted by atomic mass is 32.2. The summed E-state index contributed by atoms with van der Waals surface area (Å²) in [6.07, 6.45) is 0.214. The Balaban J connectivity index is 1.60. The first kappa shape index (κ1) is 22.9. The number of carbonyl (C=O) groups is 1. The fraction of sp³-hybridized carbons (Fsp3) is 0.409. The van der Waals surface area contributed by atoms with E-state index in [1.165, 1.54) is 4.31 Å². The van der Waals surface area contributed by atoms with Gasteiger partial charge in [-0.05, 0) is 48.9 Å². The molecule has 0 spiro atoms. The molecule has 1 heterocycles. The van der Waals surface area contributed by atoms with Crippen LogP contribution >= 0.6 is 0 Å². The summed E-state index contributed by atoms with van der Waals surface area (Å²) >= 11 is 0. The van der Waals surface area contributed by atoms with Crippen LogP contribution in [0.4, 0.5) is 0 Å². The van der Waals surface area contributed by atoms with Crippen molar-refractivity contribution in [2.24, 2.45) is 0 Å². The van der Waals surface area contributed by atoms with Crippen LogP contribution in [0.1, 0.15) is 12.5 Å². The third kappa shape index (κ3) is 5.29. The lowest BCUT2D eigenvalue weighted by molar-refractivity contribution is -0.131. The van der Waals surface area contributed by atoms with Gasteiger partial charge in [0.1, 0.15) is 5.75 Å². The number of ether oxygens (including phenoxy) is 3. The average molecular weight is 449 g/mol. The van der Waals surface area contributed by atoms with Gasteiger partial charge in [-0.25, -0.2) is 8.42 Å². The van der Waals surface area contributed by atoms with E-state index in [-0.39, 0.29) is 30.3 Å². The molecule has 1 aliphatic heterocycles. The van der Waals surface area contributed by atoms with Gasteiger partial charge in [-0.1, -0.05) is 6.07 Å². The lowest BCUT2D eigenvalue weighted by Crippen LogP contribution is -2.50. The molecule has 31 heavy (non-hydrogen) atoms. The van der Waals surface area contributed by atoms with Crippen molar-refractivity contribution in [2.45, 2.75) is 18.2 Å². The lowest BCUT2D eigenvalue weighted by Gasteiger charge is -2.34. The van der Waals surface area contributed by atoms with Crippen molar-refractivity contribution in [1.82, 2.24) is 9.21 Å². The standard InChI is InChI=1S/C22H28N2O6S/c1-4-30-18-6-8-19(9-7-18)31(26,27)24-13-11-23(12-14-24)22(25)16-17-5-10-20(28-2)21(15-17)29-3/h5-10,15H,4,11-14,16H2,1-3H3. The second-order valence-electron chi connectivity index (χ2n) is 7.06. The molecule has 0 saturated carbocycles. The molecule has 0 aromatic heterocycles. The Hall–Kier alpha value is -2.78. The number of nitrogens with zero attached hydrogens (tertiary/aromatic N) is 2. The molecule has 3 rings (SSSR count). The normalized spacial score (nSPS) is 14.9. The molecule has 0 unspecified atom stereocenters. The molecule has 0 N–H and O–H groups in total. The Morgan fingerprint density at radius 3 is 2.16 bits per heavy atom. The summed E-state index contributed by atoms with van der Waals surface area (Å²) in [7, 11) is -0.501. The minimum Gasteiger partial charge on any atom is -0.494 e. The van der Waals surface area contributed by atoms with E-state index in [1.807, 2.05) is 13.0 Å². The quantitative estimate of drug-likeness (QED) is 0.615. The van der Waals surface area contributed by atoms with Crippen LogP contribution in [0.25, 0.3) is 0 Å². The number of carbonyl (C=O) groups excluding carboxylic acids is 1. The second-order valence-corrected chi connectivity index (χ2v) is 8.99. The van der Waals surface area contributed by atoms with Crippen molar-refractivity contribution in [2.75, 3.05) is 47.0 Å². The first-order chi connectivity index (χ1) is 14.9. The molecule has 2 aromatic rings. The highest BCUT2D eigenvalue weighted by Gasteiger charge is 2.30. The zero-order valence-electron chi connectivity index (χ0n) is 18.0. The summed E-state index contributed by atoms with van der Waals surface area (Å²) in [4.78, 5) is 14.6. The molecule has 1 aliphatic rings. The number of piperazine rings is 1. The Labute approximate surface area is 183 Å². The maximum Gasteiger partial charge on any atom is 0.243 e. The number of hydrogen-bond donors (Lipinski definition) is 0. The number of sulfonamides is 1. The van der Waals surface area contributed by atoms with Crippen molar-refractivity contribution >= 4 is 15.9 Å². The minimum atomic E-state index is -3.61. The molecule has 1 amide bonds. The Kier molecular flexibility index (Phi) is 7.40. The van der Waals surface area contributed by atoms with E-state index in [4.69, 9.17) is 14.2 Å². The molecular formula is C22H28N2O6S. The molecule has 0 radical (unpaired) electrons. The van der Waals surface area contributed by atoms with Gasteiger partial charge in [0.25, 0.3) is 0 Å². The van der Waals surface area contributed by atoms with Crippen molar-refractivity contribution in [1.29, 1.82) is 0 Å². The number of rotatable bonds is 8. The first-order valence-corrected chi connectivity index (χ1v) is 11.5. The van der Waals surface area contributed by atoms with Gasteiger partial charge in [-0.15, -0.1) is 0 Å². The van der Waals surface area contributed by atoms with Crippen LogP contribution in [0.2, 0.25) is 0 Å². The van der Waals surface area contributed by atoms with Crippen LogP contribution in [0.15, 0.2) is 47.4 Å². The molecule has 8 nitrogen and oxygen atoms in total. The predicted molar refractivity (Wildman–Crippen MR) is 116 cm³/mol. The number of methoxy groups -OCH3 is 2. The maximum absolute atomic E-state index is 12.9. The van der Waals surface area contributed by atoms with Crippen LogP contribution < -0.4 is 14.2 Å². The molecule has 168 valence electrons. The number of amides is 1. The van der Waals surface area contributed by atoms with Gasteiger partial charge >= 0.3 is 0 Å². The summed E-state index contributed by atoms with van der Waals surface area (Å²) in [5, 5.41) is 0. The van der Waals surface area contributed by atoms with Crippen LogP contribution in [0.3, 0.4) is 0 Å². The summed E-state index contributed by atoms with van der Waals surface area (Å²) in [5.74, 6) is 1.75. The highest BCUT2D eigenvalue weighted by molar-refractivity contribution is 7.89. The van der Waals surface area contributed by atoms with Crippen LogP contribution in [0, 0.1) is 0 Å². The van der Waals surface area contributed by atoms with Gasteiger partial charge in [0.2, 0.25) is 15.9 Å². The molecule has 1 fully saturated rings. The van der Waals surface area contributed by atoms with Crippen LogP contribution in [-0.4, -0.2) is 70.5 Å². The molecule has 2 aromatic carbocycles. The van der Waals surface area contributed by atoms with E-state index in [0.29, 0.717) is 36.9 Å². The summed E-state index contributed by atoms with van der Waals surface area (Å²) in [6, 6.07) is 11.8. The van der Waals surface area contributed by atoms with Crippen molar-refractivity contribution < 1.29 is 27.4 Å². The van der Waals surface area contributed by atoms with E-state index in [0.717, 1.165) is 5.56 Å². The summed E-state index contributed by atoms with van der Waals surface area (Å²) < 4.78 is 43.1. The Morgan fingerprint density at radius 1 is 0.935 bits per heavy atom. The van der Waals surface area contributed by atoms with Gasteiger partial charge in [0.15, 0.2) is 11.5 Å². The van der Waals surface area contributed by atoms with Crippen molar-refractivity contribution in [3.05, 3.63) is 48.0 Å². The van der Waals surface area contributed by atoms with Gasteiger partial charge in [-0.3, -0.25) is 4.79 Å². The predicted octanol–water partition coefficient (Wildman–Crippen LogP) is 2.18. The van der Waals surface area contributed by atoms with E-state index < -0.39 is 10.0 Å². The maximum atomic E-state index is 12.9. The van der Waals surface area contributed by atoms with Crippen molar-refractivity contribution in [3.8, 4) is 17.2 Å². The van der Waals surface area contributed by atoms with Gasteiger partial charge < -0.3 is 19.1 Å². The van der Waals surface area contributed by atoms with Gasteiger partial charge in [0, 0.05) is 26.2 Å². The fourth-order valence-electron chi connectivity index (χ4n) is 3.48. The van der Waals surface area contributed by atoms with E-state index in [2.05, 4.69) is 0 Å². The van der Waals surface area contributed by atoms with E-state index in [1.54, 1.807) is 55.5 Å². The highest BCUT2D eigenvalue weighted by Crippen LogP contribution is 2.28. The minimum absolute atomic E-state index is 0.0506. The molecular weight excluding hydrogens is 420 g/mol. The zero-order valence-corrected chi connectivity index (χ0v) is 18.9. The SMILES string of the molecule is CCOc1ccc(S(=O)(=O)N2CCN(C(=O)Cc3ccc(OC)c(OC)c3)CC2)cc1. The molecule has 9 heteroatoms. The van der Waals surface area contributed by atoms with Crippen molar-refractivity contribution in [3.63, 3.8) is 0 Å². The third-order valence-electron chi connectivity index (χ3n) is 5.17. The first-order valence-electron chi connectivity index (χ1n) is 10.1. The smallest absolute Gasteiger partial charge is 0.243 e. The molecule has 0 aliphatic carbocycles. The zero-order chi connectivity index (χ0) is 22.4. The number of hydrogen-bond acceptors (Lipinski definition) is 6. The van der Waals surface area contributed by atoms with Gasteiger partial charge in [0.05, 0.1) is 32.1 Å². The summed E-state index contributed by atoms with van der Waals surface area (Å²) in [6.45, 7) is 3.60. The molecule has 0 atom stereocenters. The molecule has 0 bridgehead atoms. The average Bonchev–Trinajstić information content (AvgIpc) is 2.79. The topological polar surface area (TPSA) is 85.4 Å². The molecule has 1 saturated heterocycles. The van der Waals surface area contributed by atoms with E-state index in [9.17, 15) is 13.2 Å². The summed E-state index contributed by atoms with van der Waals surface area (Å²) in [5.41, 5.74) is 0.812. The monoisotopic (exact) mass is 448 g/mol. The Morgan fingerprint density at radius 2 is 1.58 bits per heavy atom. The van der Waals surface area contributed by atoms with Crippen LogP contribution in [-0.2, 0) is 21.2 Å². The second kappa shape index (κ2) is 10.0. The number of benzene rings is 2. The Bertz CT molecular complexity index is 999. The largest absolute Gasteiger partial charge is 0.494 e. The van der Waals surface area contributed by atoms with E-state index >= 15 is 0 Å².